The van der Waals surface area contributed by atoms with Crippen molar-refractivity contribution in [3.05, 3.63) is 31.9 Å². The minimum atomic E-state index is -5.04. The van der Waals surface area contributed by atoms with E-state index in [9.17, 15) is 33.4 Å². The zero-order chi connectivity index (χ0) is 17.2. The van der Waals surface area contributed by atoms with Crippen molar-refractivity contribution < 1.29 is 44.1 Å². The fourth-order valence-corrected chi connectivity index (χ4v) is 2.07. The summed E-state index contributed by atoms with van der Waals surface area (Å²) < 4.78 is 38.7. The Balaban J connectivity index is 0.00000484. The summed E-state index contributed by atoms with van der Waals surface area (Å²) >= 11 is 0. The molecule has 0 aliphatic carbocycles. The van der Waals surface area contributed by atoms with E-state index in [1.54, 1.807) is 13.8 Å². The van der Waals surface area contributed by atoms with Gasteiger partial charge in [0.15, 0.2) is 5.69 Å². The second kappa shape index (κ2) is 7.58. The molecule has 12 heteroatoms. The molecule has 0 unspecified atom stereocenters. The van der Waals surface area contributed by atoms with Crippen molar-refractivity contribution in [2.75, 3.05) is 23.7 Å². The van der Waals surface area contributed by atoms with Gasteiger partial charge < -0.3 is 10.6 Å². The molecule has 0 aromatic heterocycles. The van der Waals surface area contributed by atoms with Crippen LogP contribution in [-0.2, 0) is 27.2 Å². The zero-order valence-corrected chi connectivity index (χ0v) is 14.3. The summed E-state index contributed by atoms with van der Waals surface area (Å²) in [5.41, 5.74) is -0.0851. The molecule has 0 radical (unpaired) electrons. The Morgan fingerprint density at radius 1 is 1.17 bits per heavy atom. The van der Waals surface area contributed by atoms with Crippen LogP contribution in [0.2, 0.25) is 0 Å². The van der Waals surface area contributed by atoms with Crippen LogP contribution in [-0.4, -0.2) is 22.9 Å². The molecule has 0 fully saturated rings. The molecule has 0 atom stereocenters. The van der Waals surface area contributed by atoms with Crippen LogP contribution in [0.5, 0.6) is 0 Å². The number of nitro benzene ring substituents is 2. The SMILES string of the molecule is CCN(CC)c1c([N+](=O)[O-])cc(C(F)(F)F)c(N)c1[N+](=O)[O-].[Pt+2]. The first kappa shape index (κ1) is 21.1. The normalized spacial score (nSPS) is 10.8. The molecule has 0 spiro atoms. The first-order valence-electron chi connectivity index (χ1n) is 6.13. The number of anilines is 2. The van der Waals surface area contributed by atoms with Gasteiger partial charge in [0.05, 0.1) is 15.4 Å². The van der Waals surface area contributed by atoms with Gasteiger partial charge in [-0.2, -0.15) is 13.2 Å². The third kappa shape index (κ3) is 4.09. The molecular weight excluding hydrogens is 504 g/mol. The molecule has 1 aromatic carbocycles. The molecule has 0 aliphatic heterocycles. The zero-order valence-electron chi connectivity index (χ0n) is 12.0. The van der Waals surface area contributed by atoms with Crippen LogP contribution in [0.1, 0.15) is 19.4 Å². The summed E-state index contributed by atoms with van der Waals surface area (Å²) in [5, 5.41) is 22.2. The summed E-state index contributed by atoms with van der Waals surface area (Å²) in [6.45, 7) is 3.38. The van der Waals surface area contributed by atoms with Crippen molar-refractivity contribution in [3.63, 3.8) is 0 Å². The summed E-state index contributed by atoms with van der Waals surface area (Å²) in [6.07, 6.45) is -5.04. The Morgan fingerprint density at radius 2 is 1.65 bits per heavy atom. The van der Waals surface area contributed by atoms with Crippen molar-refractivity contribution in [2.45, 2.75) is 20.0 Å². The molecule has 0 bridgehead atoms. The third-order valence-corrected chi connectivity index (χ3v) is 3.06. The van der Waals surface area contributed by atoms with Crippen molar-refractivity contribution in [1.29, 1.82) is 0 Å². The van der Waals surface area contributed by atoms with Crippen LogP contribution in [0.4, 0.5) is 35.9 Å². The summed E-state index contributed by atoms with van der Waals surface area (Å²) in [6, 6.07) is 0.232. The van der Waals surface area contributed by atoms with Crippen LogP contribution in [0, 0.1) is 20.2 Å². The number of nitro groups is 2. The van der Waals surface area contributed by atoms with Crippen molar-refractivity contribution in [1.82, 2.24) is 0 Å². The minimum Gasteiger partial charge on any atom is -0.393 e. The van der Waals surface area contributed by atoms with Gasteiger partial charge in [-0.3, -0.25) is 20.2 Å². The van der Waals surface area contributed by atoms with E-state index >= 15 is 0 Å². The third-order valence-electron chi connectivity index (χ3n) is 3.06. The maximum absolute atomic E-state index is 12.9. The predicted octanol–water partition coefficient (Wildman–Crippen LogP) is 2.95. The van der Waals surface area contributed by atoms with Crippen molar-refractivity contribution in [3.8, 4) is 0 Å². The Kier molecular flexibility index (Phi) is 6.95. The van der Waals surface area contributed by atoms with Crippen LogP contribution in [0.25, 0.3) is 0 Å². The van der Waals surface area contributed by atoms with Gasteiger partial charge in [-0.15, -0.1) is 0 Å². The first-order valence-corrected chi connectivity index (χ1v) is 6.13. The molecule has 8 nitrogen and oxygen atoms in total. The van der Waals surface area contributed by atoms with Gasteiger partial charge in [0.1, 0.15) is 5.69 Å². The Labute approximate surface area is 143 Å². The quantitative estimate of drug-likeness (QED) is 0.365. The van der Waals surface area contributed by atoms with Gasteiger partial charge in [0, 0.05) is 19.2 Å². The van der Waals surface area contributed by atoms with E-state index in [4.69, 9.17) is 5.73 Å². The summed E-state index contributed by atoms with van der Waals surface area (Å²) in [7, 11) is 0. The monoisotopic (exact) mass is 517 g/mol. The standard InChI is InChI=1S/C11H13F3N4O4.Pt/c1-3-16(4-2)9-7(17(19)20)5-6(11(12,13)14)8(15)10(9)18(21)22;/h5H,3-4,15H2,1-2H3;/q;+2. The fraction of sp³-hybridized carbons (Fsp3) is 0.455. The van der Waals surface area contributed by atoms with Crippen LogP contribution < -0.4 is 10.6 Å². The number of nitrogen functional groups attached to an aromatic ring is 1. The van der Waals surface area contributed by atoms with Gasteiger partial charge in [-0.05, 0) is 13.8 Å². The Morgan fingerprint density at radius 3 is 1.96 bits per heavy atom. The van der Waals surface area contributed by atoms with E-state index in [2.05, 4.69) is 0 Å². The van der Waals surface area contributed by atoms with Gasteiger partial charge in [-0.1, -0.05) is 0 Å². The van der Waals surface area contributed by atoms with Crippen molar-refractivity contribution >= 4 is 22.7 Å². The van der Waals surface area contributed by atoms with Crippen LogP contribution in [0.3, 0.4) is 0 Å². The molecule has 0 aliphatic rings. The van der Waals surface area contributed by atoms with Crippen LogP contribution >= 0.6 is 0 Å². The molecule has 0 amide bonds. The largest absolute Gasteiger partial charge is 2.00 e. The number of alkyl halides is 3. The molecule has 0 saturated carbocycles. The molecule has 0 saturated heterocycles. The number of benzene rings is 1. The van der Waals surface area contributed by atoms with Crippen molar-refractivity contribution in [2.24, 2.45) is 0 Å². The number of hydrogen-bond donors (Lipinski definition) is 1. The van der Waals surface area contributed by atoms with Gasteiger partial charge in [0.2, 0.25) is 0 Å². The van der Waals surface area contributed by atoms with E-state index in [0.717, 1.165) is 0 Å². The first-order chi connectivity index (χ1) is 10.1. The van der Waals surface area contributed by atoms with E-state index < -0.39 is 44.3 Å². The average molecular weight is 517 g/mol. The van der Waals surface area contributed by atoms with Gasteiger partial charge in [0.25, 0.3) is 5.69 Å². The fourth-order valence-electron chi connectivity index (χ4n) is 2.07. The summed E-state index contributed by atoms with van der Waals surface area (Å²) in [5.74, 6) is 0. The second-order valence-corrected chi connectivity index (χ2v) is 4.24. The van der Waals surface area contributed by atoms with E-state index in [1.807, 2.05) is 0 Å². The maximum Gasteiger partial charge on any atom is 2.00 e. The van der Waals surface area contributed by atoms with Gasteiger partial charge >= 0.3 is 32.9 Å². The maximum atomic E-state index is 12.9. The number of halogens is 3. The van der Waals surface area contributed by atoms with E-state index in [-0.39, 0.29) is 40.2 Å². The molecular formula is C11H13F3N4O4Pt+2. The molecule has 1 rings (SSSR count). The minimum absolute atomic E-state index is 0. The predicted molar refractivity (Wildman–Crippen MR) is 72.7 cm³/mol. The second-order valence-electron chi connectivity index (χ2n) is 4.24. The average Bonchev–Trinajstić information content (AvgIpc) is 2.37. The molecule has 1 aromatic rings. The number of nitrogens with two attached hydrogens (primary N) is 1. The van der Waals surface area contributed by atoms with E-state index in [0.29, 0.717) is 0 Å². The molecule has 130 valence electrons. The van der Waals surface area contributed by atoms with E-state index in [1.165, 1.54) is 4.90 Å². The number of rotatable bonds is 5. The smallest absolute Gasteiger partial charge is 0.393 e. The van der Waals surface area contributed by atoms with Gasteiger partial charge in [-0.25, -0.2) is 0 Å². The molecule has 0 heterocycles. The topological polar surface area (TPSA) is 116 Å². The Hall–Kier alpha value is -1.90. The Bertz CT molecular complexity index is 620. The summed E-state index contributed by atoms with van der Waals surface area (Å²) in [4.78, 5) is 21.2. The number of hydrogen-bond acceptors (Lipinski definition) is 6. The molecule has 23 heavy (non-hydrogen) atoms. The molecule has 2 N–H and O–H groups in total. The number of nitrogens with zero attached hydrogens (tertiary/aromatic N) is 3. The van der Waals surface area contributed by atoms with Crippen LogP contribution in [0.15, 0.2) is 6.07 Å².